The maximum absolute atomic E-state index is 12.0. The van der Waals surface area contributed by atoms with Crippen molar-refractivity contribution in [2.45, 2.75) is 11.4 Å². The monoisotopic (exact) mass is 396 g/mol. The van der Waals surface area contributed by atoms with Gasteiger partial charge in [0.1, 0.15) is 0 Å². The van der Waals surface area contributed by atoms with Crippen molar-refractivity contribution in [2.24, 2.45) is 0 Å². The SMILES string of the molecule is CNS(=O)(=O)c1cccc(C(=O)OCC(=O)NCc2ccccc2Cl)c1. The summed E-state index contributed by atoms with van der Waals surface area (Å²) in [6.45, 7) is -0.293. The molecule has 0 aromatic heterocycles. The Morgan fingerprint density at radius 1 is 1.12 bits per heavy atom. The van der Waals surface area contributed by atoms with Gasteiger partial charge in [-0.3, -0.25) is 4.79 Å². The zero-order valence-electron chi connectivity index (χ0n) is 13.9. The summed E-state index contributed by atoms with van der Waals surface area (Å²) < 4.78 is 30.6. The molecule has 2 rings (SSSR count). The molecule has 2 N–H and O–H groups in total. The van der Waals surface area contributed by atoms with Crippen molar-refractivity contribution in [3.63, 3.8) is 0 Å². The Labute approximate surface area is 156 Å². The number of hydrogen-bond donors (Lipinski definition) is 2. The van der Waals surface area contributed by atoms with Gasteiger partial charge in [0.25, 0.3) is 5.91 Å². The normalized spacial score (nSPS) is 11.0. The smallest absolute Gasteiger partial charge is 0.338 e. The Bertz CT molecular complexity index is 915. The lowest BCUT2D eigenvalue weighted by Crippen LogP contribution is -2.28. The molecule has 0 aliphatic heterocycles. The largest absolute Gasteiger partial charge is 0.452 e. The van der Waals surface area contributed by atoms with E-state index in [-0.39, 0.29) is 17.0 Å². The zero-order valence-corrected chi connectivity index (χ0v) is 15.4. The molecule has 0 heterocycles. The van der Waals surface area contributed by atoms with Crippen LogP contribution >= 0.6 is 11.6 Å². The van der Waals surface area contributed by atoms with Gasteiger partial charge in [-0.15, -0.1) is 0 Å². The second-order valence-corrected chi connectivity index (χ2v) is 7.47. The van der Waals surface area contributed by atoms with E-state index in [1.165, 1.54) is 31.3 Å². The average Bonchev–Trinajstić information content (AvgIpc) is 2.65. The first-order valence-electron chi connectivity index (χ1n) is 7.54. The van der Waals surface area contributed by atoms with Crippen molar-refractivity contribution < 1.29 is 22.7 Å². The Kier molecular flexibility index (Phi) is 6.73. The van der Waals surface area contributed by atoms with Crippen LogP contribution in [0.4, 0.5) is 0 Å². The minimum Gasteiger partial charge on any atom is -0.452 e. The van der Waals surface area contributed by atoms with Crippen molar-refractivity contribution in [1.29, 1.82) is 0 Å². The van der Waals surface area contributed by atoms with Gasteiger partial charge in [-0.1, -0.05) is 35.9 Å². The van der Waals surface area contributed by atoms with E-state index < -0.39 is 28.5 Å². The van der Waals surface area contributed by atoms with Crippen molar-refractivity contribution in [2.75, 3.05) is 13.7 Å². The molecule has 0 aliphatic carbocycles. The van der Waals surface area contributed by atoms with E-state index in [0.29, 0.717) is 5.02 Å². The maximum Gasteiger partial charge on any atom is 0.338 e. The number of amides is 1. The summed E-state index contributed by atoms with van der Waals surface area (Å²) in [6, 6.07) is 12.4. The van der Waals surface area contributed by atoms with Gasteiger partial charge < -0.3 is 10.1 Å². The number of benzene rings is 2. The van der Waals surface area contributed by atoms with Gasteiger partial charge in [0.05, 0.1) is 10.5 Å². The second-order valence-electron chi connectivity index (χ2n) is 5.18. The molecule has 138 valence electrons. The van der Waals surface area contributed by atoms with Crippen molar-refractivity contribution in [3.8, 4) is 0 Å². The van der Waals surface area contributed by atoms with Crippen LogP contribution in [-0.2, 0) is 26.1 Å². The molecule has 0 unspecified atom stereocenters. The van der Waals surface area contributed by atoms with Crippen LogP contribution in [0.2, 0.25) is 5.02 Å². The first-order valence-corrected chi connectivity index (χ1v) is 9.40. The van der Waals surface area contributed by atoms with E-state index >= 15 is 0 Å². The van der Waals surface area contributed by atoms with Gasteiger partial charge in [0.2, 0.25) is 10.0 Å². The highest BCUT2D eigenvalue weighted by Crippen LogP contribution is 2.14. The van der Waals surface area contributed by atoms with Crippen LogP contribution < -0.4 is 10.0 Å². The molecule has 26 heavy (non-hydrogen) atoms. The van der Waals surface area contributed by atoms with Gasteiger partial charge in [-0.2, -0.15) is 0 Å². The third-order valence-corrected chi connectivity index (χ3v) is 5.20. The molecule has 0 saturated heterocycles. The molecule has 2 aromatic carbocycles. The fourth-order valence-electron chi connectivity index (χ4n) is 2.01. The summed E-state index contributed by atoms with van der Waals surface area (Å²) >= 11 is 5.99. The lowest BCUT2D eigenvalue weighted by atomic mass is 10.2. The summed E-state index contributed by atoms with van der Waals surface area (Å²) in [5.41, 5.74) is 0.763. The van der Waals surface area contributed by atoms with Crippen LogP contribution in [0.15, 0.2) is 53.4 Å². The number of halogens is 1. The highest BCUT2D eigenvalue weighted by Gasteiger charge is 2.16. The number of carbonyl (C=O) groups is 2. The highest BCUT2D eigenvalue weighted by atomic mass is 35.5. The molecule has 2 aromatic rings. The molecule has 0 aliphatic rings. The van der Waals surface area contributed by atoms with Crippen LogP contribution in [0.1, 0.15) is 15.9 Å². The molecular formula is C17H17ClN2O5S. The third kappa shape index (κ3) is 5.29. The van der Waals surface area contributed by atoms with Gasteiger partial charge in [0.15, 0.2) is 6.61 Å². The van der Waals surface area contributed by atoms with Crippen molar-refractivity contribution >= 4 is 33.5 Å². The summed E-state index contributed by atoms with van der Waals surface area (Å²) in [4.78, 5) is 23.7. The van der Waals surface area contributed by atoms with Crippen molar-refractivity contribution in [1.82, 2.24) is 10.0 Å². The molecule has 7 nitrogen and oxygen atoms in total. The van der Waals surface area contributed by atoms with Gasteiger partial charge >= 0.3 is 5.97 Å². The number of hydrogen-bond acceptors (Lipinski definition) is 5. The molecule has 1 amide bonds. The number of rotatable bonds is 7. The molecule has 0 fully saturated rings. The highest BCUT2D eigenvalue weighted by molar-refractivity contribution is 7.89. The van der Waals surface area contributed by atoms with Gasteiger partial charge in [-0.05, 0) is 36.9 Å². The molecule has 0 bridgehead atoms. The summed E-state index contributed by atoms with van der Waals surface area (Å²) in [7, 11) is -2.41. The van der Waals surface area contributed by atoms with Crippen molar-refractivity contribution in [3.05, 3.63) is 64.7 Å². The fourth-order valence-corrected chi connectivity index (χ4v) is 2.99. The first-order chi connectivity index (χ1) is 12.3. The van der Waals surface area contributed by atoms with E-state index in [0.717, 1.165) is 5.56 Å². The van der Waals surface area contributed by atoms with E-state index in [2.05, 4.69) is 10.0 Å². The Morgan fingerprint density at radius 2 is 1.85 bits per heavy atom. The number of nitrogens with one attached hydrogen (secondary N) is 2. The first kappa shape index (κ1) is 19.9. The Balaban J connectivity index is 1.91. The molecule has 0 atom stereocenters. The Morgan fingerprint density at radius 3 is 2.54 bits per heavy atom. The van der Waals surface area contributed by atoms with Crippen LogP contribution in [0, 0.1) is 0 Å². The van der Waals surface area contributed by atoms with Crippen LogP contribution in [0.25, 0.3) is 0 Å². The minimum absolute atomic E-state index is 0.0280. The quantitative estimate of drug-likeness (QED) is 0.694. The van der Waals surface area contributed by atoms with Crippen LogP contribution in [-0.4, -0.2) is 33.9 Å². The lowest BCUT2D eigenvalue weighted by Gasteiger charge is -2.08. The van der Waals surface area contributed by atoms with E-state index in [1.807, 2.05) is 0 Å². The topological polar surface area (TPSA) is 102 Å². The van der Waals surface area contributed by atoms with E-state index in [1.54, 1.807) is 24.3 Å². The maximum atomic E-state index is 12.0. The van der Waals surface area contributed by atoms with Crippen LogP contribution in [0.5, 0.6) is 0 Å². The van der Waals surface area contributed by atoms with E-state index in [4.69, 9.17) is 16.3 Å². The zero-order chi connectivity index (χ0) is 19.2. The third-order valence-electron chi connectivity index (χ3n) is 3.42. The predicted octanol–water partition coefficient (Wildman–Crippen LogP) is 1.72. The fraction of sp³-hybridized carbons (Fsp3) is 0.176. The summed E-state index contributed by atoms with van der Waals surface area (Å²) in [5.74, 6) is -1.30. The van der Waals surface area contributed by atoms with Crippen LogP contribution in [0.3, 0.4) is 0 Å². The number of carbonyl (C=O) groups excluding carboxylic acids is 2. The van der Waals surface area contributed by atoms with Gasteiger partial charge in [0, 0.05) is 11.6 Å². The average molecular weight is 397 g/mol. The molecular weight excluding hydrogens is 380 g/mol. The molecule has 9 heteroatoms. The Hall–Kier alpha value is -2.42. The lowest BCUT2D eigenvalue weighted by molar-refractivity contribution is -0.124. The van der Waals surface area contributed by atoms with E-state index in [9.17, 15) is 18.0 Å². The number of esters is 1. The second kappa shape index (κ2) is 8.79. The molecule has 0 saturated carbocycles. The number of ether oxygens (including phenoxy) is 1. The number of sulfonamides is 1. The summed E-state index contributed by atoms with van der Waals surface area (Å²) in [6.07, 6.45) is 0. The molecule has 0 radical (unpaired) electrons. The minimum atomic E-state index is -3.68. The van der Waals surface area contributed by atoms with Gasteiger partial charge in [-0.25, -0.2) is 17.9 Å². The predicted molar refractivity (Wildman–Crippen MR) is 96.3 cm³/mol. The molecule has 0 spiro atoms. The standard InChI is InChI=1S/C17H17ClN2O5S/c1-19-26(23,24)14-7-4-6-12(9-14)17(22)25-11-16(21)20-10-13-5-2-3-8-15(13)18/h2-9,19H,10-11H2,1H3,(H,20,21). The summed E-state index contributed by atoms with van der Waals surface area (Å²) in [5, 5.41) is 3.11.